The Morgan fingerprint density at radius 1 is 1.11 bits per heavy atom. The summed E-state index contributed by atoms with van der Waals surface area (Å²) in [5.41, 5.74) is 10.8. The first-order chi connectivity index (χ1) is 8.84. The van der Waals surface area contributed by atoms with E-state index in [0.717, 1.165) is 12.0 Å². The highest BCUT2D eigenvalue weighted by Gasteiger charge is 2.37. The monoisotopic (exact) mass is 242 g/mol. The molecule has 1 fully saturated rings. The van der Waals surface area contributed by atoms with Gasteiger partial charge in [-0.25, -0.2) is 0 Å². The van der Waals surface area contributed by atoms with Crippen molar-refractivity contribution in [3.8, 4) is 0 Å². The van der Waals surface area contributed by atoms with Crippen LogP contribution in [0.3, 0.4) is 0 Å². The SMILES string of the molecule is NC1CC2CCN(C3CCCC3)c3cccc1c32. The molecule has 0 saturated heterocycles. The van der Waals surface area contributed by atoms with E-state index in [0.29, 0.717) is 0 Å². The second kappa shape index (κ2) is 3.99. The van der Waals surface area contributed by atoms with Crippen LogP contribution in [0.1, 0.15) is 61.6 Å². The third kappa shape index (κ3) is 1.45. The average molecular weight is 242 g/mol. The summed E-state index contributed by atoms with van der Waals surface area (Å²) in [6, 6.07) is 7.88. The molecule has 18 heavy (non-hydrogen) atoms. The minimum Gasteiger partial charge on any atom is -0.368 e. The summed E-state index contributed by atoms with van der Waals surface area (Å²) in [6.07, 6.45) is 8.10. The van der Waals surface area contributed by atoms with Gasteiger partial charge in [-0.05, 0) is 48.8 Å². The minimum atomic E-state index is 0.286. The predicted octanol–water partition coefficient (Wildman–Crippen LogP) is 3.33. The van der Waals surface area contributed by atoms with Crippen molar-refractivity contribution in [2.45, 2.75) is 56.5 Å². The van der Waals surface area contributed by atoms with E-state index < -0.39 is 0 Å². The van der Waals surface area contributed by atoms with E-state index in [1.54, 1.807) is 5.56 Å². The second-order valence-corrected chi connectivity index (χ2v) is 6.24. The van der Waals surface area contributed by atoms with Crippen molar-refractivity contribution < 1.29 is 0 Å². The van der Waals surface area contributed by atoms with Gasteiger partial charge in [-0.3, -0.25) is 0 Å². The standard InChI is InChI=1S/C16H22N2/c17-14-10-11-8-9-18(12-4-1-2-5-12)15-7-3-6-13(14)16(11)15/h3,6-7,11-12,14H,1-2,4-5,8-10,17H2. The van der Waals surface area contributed by atoms with Crippen molar-refractivity contribution in [2.75, 3.05) is 11.4 Å². The number of nitrogens with two attached hydrogens (primary N) is 1. The molecule has 2 unspecified atom stereocenters. The number of anilines is 1. The molecule has 2 heteroatoms. The lowest BCUT2D eigenvalue weighted by atomic mass is 9.90. The molecule has 3 aliphatic rings. The number of nitrogens with zero attached hydrogens (tertiary/aromatic N) is 1. The minimum absolute atomic E-state index is 0.286. The Morgan fingerprint density at radius 3 is 2.78 bits per heavy atom. The van der Waals surface area contributed by atoms with Gasteiger partial charge in [0.15, 0.2) is 0 Å². The molecule has 2 aliphatic carbocycles. The molecule has 2 atom stereocenters. The largest absolute Gasteiger partial charge is 0.368 e. The number of hydrogen-bond acceptors (Lipinski definition) is 2. The van der Waals surface area contributed by atoms with Crippen molar-refractivity contribution in [3.63, 3.8) is 0 Å². The Hall–Kier alpha value is -1.02. The highest BCUT2D eigenvalue weighted by Crippen LogP contribution is 2.49. The normalized spacial score (nSPS) is 30.8. The van der Waals surface area contributed by atoms with Crippen LogP contribution in [0.5, 0.6) is 0 Å². The maximum Gasteiger partial charge on any atom is 0.0407 e. The first-order valence-electron chi connectivity index (χ1n) is 7.49. The second-order valence-electron chi connectivity index (χ2n) is 6.24. The van der Waals surface area contributed by atoms with Gasteiger partial charge in [0.05, 0.1) is 0 Å². The van der Waals surface area contributed by atoms with E-state index >= 15 is 0 Å². The fraction of sp³-hybridized carbons (Fsp3) is 0.625. The third-order valence-corrected chi connectivity index (χ3v) is 5.26. The Bertz CT molecular complexity index is 462. The zero-order valence-electron chi connectivity index (χ0n) is 10.9. The van der Waals surface area contributed by atoms with Gasteiger partial charge in [0, 0.05) is 24.3 Å². The van der Waals surface area contributed by atoms with E-state index in [1.165, 1.54) is 56.3 Å². The Balaban J connectivity index is 1.78. The van der Waals surface area contributed by atoms with Crippen LogP contribution in [0.25, 0.3) is 0 Å². The fourth-order valence-corrected chi connectivity index (χ4v) is 4.41. The van der Waals surface area contributed by atoms with Gasteiger partial charge >= 0.3 is 0 Å². The van der Waals surface area contributed by atoms with Gasteiger partial charge in [0.2, 0.25) is 0 Å². The third-order valence-electron chi connectivity index (χ3n) is 5.26. The number of rotatable bonds is 1. The maximum absolute atomic E-state index is 6.29. The highest BCUT2D eigenvalue weighted by molar-refractivity contribution is 5.63. The molecule has 0 radical (unpaired) electrons. The van der Waals surface area contributed by atoms with Gasteiger partial charge in [-0.2, -0.15) is 0 Å². The summed E-state index contributed by atoms with van der Waals surface area (Å²) >= 11 is 0. The molecule has 0 amide bonds. The van der Waals surface area contributed by atoms with Crippen molar-refractivity contribution in [2.24, 2.45) is 5.73 Å². The van der Waals surface area contributed by atoms with Gasteiger partial charge in [-0.1, -0.05) is 25.0 Å². The summed E-state index contributed by atoms with van der Waals surface area (Å²) in [7, 11) is 0. The van der Waals surface area contributed by atoms with E-state index in [2.05, 4.69) is 23.1 Å². The lowest BCUT2D eigenvalue weighted by molar-refractivity contribution is 0.506. The molecule has 96 valence electrons. The summed E-state index contributed by atoms with van der Waals surface area (Å²) in [5, 5.41) is 0. The van der Waals surface area contributed by atoms with Crippen LogP contribution in [0.15, 0.2) is 18.2 Å². The highest BCUT2D eigenvalue weighted by atomic mass is 15.2. The van der Waals surface area contributed by atoms with Crippen molar-refractivity contribution in [1.29, 1.82) is 0 Å². The molecule has 2 nitrogen and oxygen atoms in total. The Morgan fingerprint density at radius 2 is 1.94 bits per heavy atom. The Kier molecular flexibility index (Phi) is 2.41. The molecule has 2 N–H and O–H groups in total. The molecule has 1 heterocycles. The number of hydrogen-bond donors (Lipinski definition) is 1. The molecular weight excluding hydrogens is 220 g/mol. The topological polar surface area (TPSA) is 29.3 Å². The van der Waals surface area contributed by atoms with E-state index in [1.807, 2.05) is 0 Å². The van der Waals surface area contributed by atoms with Crippen molar-refractivity contribution in [3.05, 3.63) is 29.3 Å². The van der Waals surface area contributed by atoms with Crippen LogP contribution < -0.4 is 10.6 Å². The maximum atomic E-state index is 6.29. The summed E-state index contributed by atoms with van der Waals surface area (Å²) in [4.78, 5) is 2.69. The quantitative estimate of drug-likeness (QED) is 0.818. The predicted molar refractivity (Wildman–Crippen MR) is 74.9 cm³/mol. The van der Waals surface area contributed by atoms with Crippen LogP contribution >= 0.6 is 0 Å². The van der Waals surface area contributed by atoms with E-state index in [9.17, 15) is 0 Å². The van der Waals surface area contributed by atoms with Crippen LogP contribution in [0.2, 0.25) is 0 Å². The summed E-state index contributed by atoms with van der Waals surface area (Å²) in [5.74, 6) is 0.740. The van der Waals surface area contributed by atoms with Crippen LogP contribution in [0.4, 0.5) is 5.69 Å². The molecule has 1 aromatic carbocycles. The molecule has 1 aliphatic heterocycles. The first kappa shape index (κ1) is 10.9. The average Bonchev–Trinajstić information content (AvgIpc) is 3.01. The smallest absolute Gasteiger partial charge is 0.0407 e. The molecule has 1 aromatic rings. The molecule has 0 spiro atoms. The molecule has 0 aromatic heterocycles. The van der Waals surface area contributed by atoms with Crippen LogP contribution in [-0.2, 0) is 0 Å². The lowest BCUT2D eigenvalue weighted by Crippen LogP contribution is -2.38. The number of benzene rings is 1. The van der Waals surface area contributed by atoms with E-state index in [-0.39, 0.29) is 6.04 Å². The molecule has 4 rings (SSSR count). The van der Waals surface area contributed by atoms with Gasteiger partial charge in [-0.15, -0.1) is 0 Å². The fourth-order valence-electron chi connectivity index (χ4n) is 4.41. The zero-order valence-corrected chi connectivity index (χ0v) is 10.9. The molecular formula is C16H22N2. The lowest BCUT2D eigenvalue weighted by Gasteiger charge is -2.38. The van der Waals surface area contributed by atoms with Gasteiger partial charge in [0.1, 0.15) is 0 Å². The van der Waals surface area contributed by atoms with Crippen molar-refractivity contribution >= 4 is 5.69 Å². The zero-order chi connectivity index (χ0) is 12.1. The first-order valence-corrected chi connectivity index (χ1v) is 7.49. The van der Waals surface area contributed by atoms with Crippen LogP contribution in [-0.4, -0.2) is 12.6 Å². The van der Waals surface area contributed by atoms with Gasteiger partial charge in [0.25, 0.3) is 0 Å². The van der Waals surface area contributed by atoms with E-state index in [4.69, 9.17) is 5.73 Å². The summed E-state index contributed by atoms with van der Waals surface area (Å²) < 4.78 is 0. The van der Waals surface area contributed by atoms with Crippen LogP contribution in [0, 0.1) is 0 Å². The van der Waals surface area contributed by atoms with Gasteiger partial charge < -0.3 is 10.6 Å². The Labute approximate surface area is 109 Å². The van der Waals surface area contributed by atoms with Crippen molar-refractivity contribution in [1.82, 2.24) is 0 Å². The summed E-state index contributed by atoms with van der Waals surface area (Å²) in [6.45, 7) is 1.25. The molecule has 1 saturated carbocycles. The molecule has 0 bridgehead atoms.